The molecular formula is C10H16N2O3. The predicted octanol–water partition coefficient (Wildman–Crippen LogP) is 0.415. The van der Waals surface area contributed by atoms with Crippen LogP contribution in [-0.4, -0.2) is 30.2 Å². The molecule has 84 valence electrons. The van der Waals surface area contributed by atoms with E-state index in [0.29, 0.717) is 5.92 Å². The first-order valence-electron chi connectivity index (χ1n) is 5.34. The Kier molecular flexibility index (Phi) is 2.54. The lowest BCUT2D eigenvalue weighted by atomic mass is 9.84. The Hall–Kier alpha value is -1.26. The lowest BCUT2D eigenvalue weighted by molar-refractivity contribution is -0.144. The smallest absolute Gasteiger partial charge is 0.314 e. The van der Waals surface area contributed by atoms with Crippen molar-refractivity contribution >= 4 is 12.0 Å². The number of rotatable bonds is 2. The molecule has 0 saturated heterocycles. The Labute approximate surface area is 88.2 Å². The van der Waals surface area contributed by atoms with Crippen molar-refractivity contribution in [1.29, 1.82) is 0 Å². The predicted molar refractivity (Wildman–Crippen MR) is 53.3 cm³/mol. The molecule has 2 fully saturated rings. The van der Waals surface area contributed by atoms with Gasteiger partial charge in [0.05, 0.1) is 5.92 Å². The maximum absolute atomic E-state index is 11.2. The van der Waals surface area contributed by atoms with Gasteiger partial charge in [-0.25, -0.2) is 4.79 Å². The lowest BCUT2D eigenvalue weighted by Gasteiger charge is -2.28. The number of hydrogen-bond donors (Lipinski definition) is 3. The van der Waals surface area contributed by atoms with Crippen LogP contribution in [-0.2, 0) is 4.79 Å². The van der Waals surface area contributed by atoms with Crippen LogP contribution >= 0.6 is 0 Å². The Morgan fingerprint density at radius 1 is 1.27 bits per heavy atom. The van der Waals surface area contributed by atoms with E-state index in [1.165, 1.54) is 7.05 Å². The number of urea groups is 1. The number of nitrogens with one attached hydrogen (secondary N) is 2. The number of carbonyl (C=O) groups excluding carboxylic acids is 1. The summed E-state index contributed by atoms with van der Waals surface area (Å²) in [6.07, 6.45) is 2.99. The molecule has 2 amide bonds. The Morgan fingerprint density at radius 3 is 2.53 bits per heavy atom. The highest BCUT2D eigenvalue weighted by molar-refractivity contribution is 5.77. The van der Waals surface area contributed by atoms with Gasteiger partial charge in [0.25, 0.3) is 0 Å². The quantitative estimate of drug-likeness (QED) is 0.620. The van der Waals surface area contributed by atoms with Crippen LogP contribution in [0.5, 0.6) is 0 Å². The van der Waals surface area contributed by atoms with Gasteiger partial charge in [-0.3, -0.25) is 4.79 Å². The second-order valence-electron chi connectivity index (χ2n) is 4.45. The van der Waals surface area contributed by atoms with Crippen LogP contribution in [0.4, 0.5) is 4.79 Å². The van der Waals surface area contributed by atoms with E-state index in [1.807, 2.05) is 0 Å². The van der Waals surface area contributed by atoms with Crippen molar-refractivity contribution in [2.45, 2.75) is 25.3 Å². The molecule has 2 bridgehead atoms. The van der Waals surface area contributed by atoms with Crippen molar-refractivity contribution in [3.63, 3.8) is 0 Å². The van der Waals surface area contributed by atoms with Crippen molar-refractivity contribution < 1.29 is 14.7 Å². The summed E-state index contributed by atoms with van der Waals surface area (Å²) in [7, 11) is 1.54. The summed E-state index contributed by atoms with van der Waals surface area (Å²) in [5, 5.41) is 14.3. The highest BCUT2D eigenvalue weighted by atomic mass is 16.4. The molecule has 5 heteroatoms. The number of fused-ring (bicyclic) bond motifs is 2. The number of aliphatic carboxylic acids is 1. The summed E-state index contributed by atoms with van der Waals surface area (Å²) >= 11 is 0. The van der Waals surface area contributed by atoms with Gasteiger partial charge in [0.15, 0.2) is 0 Å². The summed E-state index contributed by atoms with van der Waals surface area (Å²) < 4.78 is 0. The van der Waals surface area contributed by atoms with Gasteiger partial charge in [0.1, 0.15) is 0 Å². The Morgan fingerprint density at radius 2 is 1.93 bits per heavy atom. The fourth-order valence-corrected chi connectivity index (χ4v) is 3.08. The maximum Gasteiger partial charge on any atom is 0.314 e. The average molecular weight is 212 g/mol. The van der Waals surface area contributed by atoms with Crippen LogP contribution in [0.25, 0.3) is 0 Å². The van der Waals surface area contributed by atoms with E-state index in [4.69, 9.17) is 5.11 Å². The molecule has 0 heterocycles. The zero-order chi connectivity index (χ0) is 11.0. The highest BCUT2D eigenvalue weighted by Gasteiger charge is 2.51. The number of hydrogen-bond acceptors (Lipinski definition) is 2. The molecule has 2 aliphatic carbocycles. The van der Waals surface area contributed by atoms with E-state index in [9.17, 15) is 9.59 Å². The Bertz CT molecular complexity index is 292. The van der Waals surface area contributed by atoms with Crippen LogP contribution in [0.3, 0.4) is 0 Å². The lowest BCUT2D eigenvalue weighted by Crippen LogP contribution is -2.49. The van der Waals surface area contributed by atoms with E-state index in [-0.39, 0.29) is 23.9 Å². The SMILES string of the molecule is CNC(=O)NC1C2CCC(C2)C1C(=O)O. The molecule has 5 nitrogen and oxygen atoms in total. The first-order valence-corrected chi connectivity index (χ1v) is 5.34. The van der Waals surface area contributed by atoms with E-state index < -0.39 is 5.97 Å². The normalized spacial score (nSPS) is 37.7. The van der Waals surface area contributed by atoms with Gasteiger partial charge >= 0.3 is 12.0 Å². The first-order chi connectivity index (χ1) is 7.13. The standard InChI is InChI=1S/C10H16N2O3/c1-11-10(15)12-8-6-3-2-5(4-6)7(8)9(13)14/h5-8H,2-4H2,1H3,(H,13,14)(H2,11,12,15). The molecule has 2 aliphatic rings. The first kappa shape index (κ1) is 10.3. The van der Waals surface area contributed by atoms with Gasteiger partial charge in [-0.05, 0) is 31.1 Å². The van der Waals surface area contributed by atoms with Crippen LogP contribution in [0.2, 0.25) is 0 Å². The van der Waals surface area contributed by atoms with Crippen LogP contribution in [0.1, 0.15) is 19.3 Å². The van der Waals surface area contributed by atoms with Gasteiger partial charge in [-0.15, -0.1) is 0 Å². The largest absolute Gasteiger partial charge is 0.481 e. The molecule has 3 N–H and O–H groups in total. The number of amides is 2. The minimum absolute atomic E-state index is 0.179. The van der Waals surface area contributed by atoms with E-state index in [0.717, 1.165) is 19.3 Å². The van der Waals surface area contributed by atoms with Gasteiger partial charge in [-0.2, -0.15) is 0 Å². The Balaban J connectivity index is 2.08. The zero-order valence-electron chi connectivity index (χ0n) is 8.69. The highest BCUT2D eigenvalue weighted by Crippen LogP contribution is 2.48. The monoisotopic (exact) mass is 212 g/mol. The van der Waals surface area contributed by atoms with Crippen LogP contribution in [0, 0.1) is 17.8 Å². The number of carboxylic acids is 1. The number of carboxylic acid groups (broad SMARTS) is 1. The molecule has 0 spiro atoms. The van der Waals surface area contributed by atoms with E-state index >= 15 is 0 Å². The van der Waals surface area contributed by atoms with Crippen LogP contribution < -0.4 is 10.6 Å². The third kappa shape index (κ3) is 1.66. The van der Waals surface area contributed by atoms with Crippen molar-refractivity contribution in [3.8, 4) is 0 Å². The third-order valence-electron chi connectivity index (χ3n) is 3.73. The topological polar surface area (TPSA) is 78.4 Å². The number of carbonyl (C=O) groups is 2. The zero-order valence-corrected chi connectivity index (χ0v) is 8.69. The molecule has 0 aromatic rings. The molecule has 0 aromatic heterocycles. The summed E-state index contributed by atoms with van der Waals surface area (Å²) in [6, 6.07) is -0.458. The third-order valence-corrected chi connectivity index (χ3v) is 3.73. The molecule has 4 atom stereocenters. The summed E-state index contributed by atoms with van der Waals surface area (Å²) in [4.78, 5) is 22.3. The van der Waals surface area contributed by atoms with Crippen molar-refractivity contribution in [3.05, 3.63) is 0 Å². The minimum atomic E-state index is -0.774. The maximum atomic E-state index is 11.2. The fourth-order valence-electron chi connectivity index (χ4n) is 3.08. The molecule has 15 heavy (non-hydrogen) atoms. The van der Waals surface area contributed by atoms with Gasteiger partial charge < -0.3 is 15.7 Å². The fraction of sp³-hybridized carbons (Fsp3) is 0.800. The van der Waals surface area contributed by atoms with Crippen LogP contribution in [0.15, 0.2) is 0 Å². The van der Waals surface area contributed by atoms with E-state index in [1.54, 1.807) is 0 Å². The molecular weight excluding hydrogens is 196 g/mol. The van der Waals surface area contributed by atoms with Gasteiger partial charge in [0, 0.05) is 13.1 Å². The molecule has 4 unspecified atom stereocenters. The van der Waals surface area contributed by atoms with E-state index in [2.05, 4.69) is 10.6 Å². The second-order valence-corrected chi connectivity index (χ2v) is 4.45. The summed E-state index contributed by atoms with van der Waals surface area (Å²) in [5.74, 6) is -0.548. The molecule has 0 aromatic carbocycles. The average Bonchev–Trinajstić information content (AvgIpc) is 2.77. The van der Waals surface area contributed by atoms with Crippen molar-refractivity contribution in [1.82, 2.24) is 10.6 Å². The van der Waals surface area contributed by atoms with Crippen molar-refractivity contribution in [2.75, 3.05) is 7.05 Å². The second kappa shape index (κ2) is 3.72. The summed E-state index contributed by atoms with van der Waals surface area (Å²) in [5.41, 5.74) is 0. The molecule has 0 radical (unpaired) electrons. The van der Waals surface area contributed by atoms with Crippen molar-refractivity contribution in [2.24, 2.45) is 17.8 Å². The molecule has 2 rings (SSSR count). The summed E-state index contributed by atoms with van der Waals surface area (Å²) in [6.45, 7) is 0. The van der Waals surface area contributed by atoms with Gasteiger partial charge in [0.2, 0.25) is 0 Å². The minimum Gasteiger partial charge on any atom is -0.481 e. The molecule has 0 aliphatic heterocycles. The molecule has 2 saturated carbocycles. The van der Waals surface area contributed by atoms with Gasteiger partial charge in [-0.1, -0.05) is 0 Å².